The zero-order valence-corrected chi connectivity index (χ0v) is 11.9. The first-order valence-electron chi connectivity index (χ1n) is 6.49. The van der Waals surface area contributed by atoms with Gasteiger partial charge in [0.15, 0.2) is 0 Å². The Morgan fingerprint density at radius 1 is 1.24 bits per heavy atom. The van der Waals surface area contributed by atoms with Crippen LogP contribution in [0.15, 0.2) is 24.3 Å². The SMILES string of the molecule is CC(C)COC(=O)OC(=O)CCc1ccc([N+](=O)[O-])cc1. The Balaban J connectivity index is 2.35. The molecule has 21 heavy (non-hydrogen) atoms. The first kappa shape index (κ1) is 16.6. The second-order valence-electron chi connectivity index (χ2n) is 4.85. The summed E-state index contributed by atoms with van der Waals surface area (Å²) >= 11 is 0. The number of ether oxygens (including phenoxy) is 2. The van der Waals surface area contributed by atoms with Crippen molar-refractivity contribution in [3.8, 4) is 0 Å². The Bertz CT molecular complexity index is 509. The molecule has 0 fully saturated rings. The molecular weight excluding hydrogens is 278 g/mol. The van der Waals surface area contributed by atoms with Gasteiger partial charge in [-0.3, -0.25) is 14.9 Å². The summed E-state index contributed by atoms with van der Waals surface area (Å²) in [5.41, 5.74) is 0.728. The van der Waals surface area contributed by atoms with Crippen molar-refractivity contribution >= 4 is 17.8 Å². The number of esters is 1. The standard InChI is InChI=1S/C14H17NO6/c1-10(2)9-20-14(17)21-13(16)8-5-11-3-6-12(7-4-11)15(18)19/h3-4,6-7,10H,5,8-9H2,1-2H3. The zero-order chi connectivity index (χ0) is 15.8. The fourth-order valence-corrected chi connectivity index (χ4v) is 1.44. The van der Waals surface area contributed by atoms with Gasteiger partial charge in [-0.1, -0.05) is 26.0 Å². The number of nitrogens with zero attached hydrogens (tertiary/aromatic N) is 1. The van der Waals surface area contributed by atoms with Gasteiger partial charge in [-0.25, -0.2) is 4.79 Å². The minimum atomic E-state index is -1.00. The van der Waals surface area contributed by atoms with E-state index in [-0.39, 0.29) is 24.6 Å². The van der Waals surface area contributed by atoms with E-state index in [9.17, 15) is 19.7 Å². The summed E-state index contributed by atoms with van der Waals surface area (Å²) in [5, 5.41) is 10.5. The van der Waals surface area contributed by atoms with Crippen LogP contribution in [-0.4, -0.2) is 23.7 Å². The smallest absolute Gasteiger partial charge is 0.434 e. The summed E-state index contributed by atoms with van der Waals surface area (Å²) in [7, 11) is 0. The van der Waals surface area contributed by atoms with Gasteiger partial charge in [0.05, 0.1) is 18.0 Å². The van der Waals surface area contributed by atoms with E-state index in [1.54, 1.807) is 12.1 Å². The molecule has 0 N–H and O–H groups in total. The van der Waals surface area contributed by atoms with E-state index >= 15 is 0 Å². The monoisotopic (exact) mass is 295 g/mol. The maximum Gasteiger partial charge on any atom is 0.516 e. The lowest BCUT2D eigenvalue weighted by molar-refractivity contribution is -0.384. The van der Waals surface area contributed by atoms with Crippen LogP contribution in [0.2, 0.25) is 0 Å². The molecule has 0 radical (unpaired) electrons. The average Bonchev–Trinajstić information content (AvgIpc) is 2.43. The minimum Gasteiger partial charge on any atom is -0.434 e. The van der Waals surface area contributed by atoms with Crippen LogP contribution in [-0.2, 0) is 20.7 Å². The van der Waals surface area contributed by atoms with Gasteiger partial charge >= 0.3 is 12.1 Å². The highest BCUT2D eigenvalue weighted by molar-refractivity contribution is 5.81. The van der Waals surface area contributed by atoms with E-state index in [1.807, 2.05) is 13.8 Å². The van der Waals surface area contributed by atoms with E-state index in [2.05, 4.69) is 4.74 Å². The number of non-ortho nitro benzene ring substituents is 1. The van der Waals surface area contributed by atoms with Crippen LogP contribution in [0.4, 0.5) is 10.5 Å². The number of rotatable bonds is 6. The van der Waals surface area contributed by atoms with Gasteiger partial charge in [0.25, 0.3) is 5.69 Å². The molecule has 0 heterocycles. The molecule has 0 aliphatic heterocycles. The molecule has 7 nitrogen and oxygen atoms in total. The Kier molecular flexibility index (Phi) is 6.32. The van der Waals surface area contributed by atoms with Crippen molar-refractivity contribution in [1.82, 2.24) is 0 Å². The van der Waals surface area contributed by atoms with Crippen LogP contribution in [0.1, 0.15) is 25.8 Å². The van der Waals surface area contributed by atoms with Crippen molar-refractivity contribution in [2.24, 2.45) is 5.92 Å². The van der Waals surface area contributed by atoms with Gasteiger partial charge in [0, 0.05) is 12.1 Å². The maximum absolute atomic E-state index is 11.4. The Labute approximate surface area is 122 Å². The Morgan fingerprint density at radius 3 is 2.38 bits per heavy atom. The summed E-state index contributed by atoms with van der Waals surface area (Å²) in [4.78, 5) is 32.6. The van der Waals surface area contributed by atoms with Gasteiger partial charge in [-0.2, -0.15) is 0 Å². The molecule has 0 spiro atoms. The Hall–Kier alpha value is -2.44. The van der Waals surface area contributed by atoms with Gasteiger partial charge in [-0.15, -0.1) is 0 Å². The number of benzene rings is 1. The number of nitro groups is 1. The minimum absolute atomic E-state index is 0.00537. The lowest BCUT2D eigenvalue weighted by Gasteiger charge is -2.06. The van der Waals surface area contributed by atoms with Crippen LogP contribution in [0.3, 0.4) is 0 Å². The maximum atomic E-state index is 11.4. The topological polar surface area (TPSA) is 95.7 Å². The third-order valence-corrected chi connectivity index (χ3v) is 2.50. The van der Waals surface area contributed by atoms with Gasteiger partial charge < -0.3 is 9.47 Å². The van der Waals surface area contributed by atoms with Gasteiger partial charge in [-0.05, 0) is 17.9 Å². The van der Waals surface area contributed by atoms with E-state index in [1.165, 1.54) is 12.1 Å². The third kappa shape index (κ3) is 6.51. The van der Waals surface area contributed by atoms with E-state index in [4.69, 9.17) is 4.74 Å². The van der Waals surface area contributed by atoms with E-state index in [0.29, 0.717) is 6.42 Å². The van der Waals surface area contributed by atoms with Crippen molar-refractivity contribution in [3.63, 3.8) is 0 Å². The average molecular weight is 295 g/mol. The molecular formula is C14H17NO6. The van der Waals surface area contributed by atoms with Crippen LogP contribution >= 0.6 is 0 Å². The molecule has 0 bridgehead atoms. The second-order valence-corrected chi connectivity index (χ2v) is 4.85. The molecule has 1 aromatic carbocycles. The fraction of sp³-hybridized carbons (Fsp3) is 0.429. The highest BCUT2D eigenvalue weighted by Crippen LogP contribution is 2.13. The van der Waals surface area contributed by atoms with Gasteiger partial charge in [0.2, 0.25) is 0 Å². The summed E-state index contributed by atoms with van der Waals surface area (Å²) in [6, 6.07) is 5.83. The largest absolute Gasteiger partial charge is 0.516 e. The lowest BCUT2D eigenvalue weighted by atomic mass is 10.1. The predicted molar refractivity (Wildman–Crippen MR) is 73.7 cm³/mol. The van der Waals surface area contributed by atoms with Gasteiger partial charge in [0.1, 0.15) is 0 Å². The zero-order valence-electron chi connectivity index (χ0n) is 11.9. The van der Waals surface area contributed by atoms with Crippen LogP contribution < -0.4 is 0 Å². The fourth-order valence-electron chi connectivity index (χ4n) is 1.44. The molecule has 0 aliphatic carbocycles. The number of hydrogen-bond donors (Lipinski definition) is 0. The molecule has 114 valence electrons. The molecule has 0 saturated carbocycles. The third-order valence-electron chi connectivity index (χ3n) is 2.50. The normalized spacial score (nSPS) is 10.2. The van der Waals surface area contributed by atoms with Crippen molar-refractivity contribution < 1.29 is 24.0 Å². The molecule has 1 rings (SSSR count). The summed E-state index contributed by atoms with van der Waals surface area (Å²) in [6.45, 7) is 3.92. The van der Waals surface area contributed by atoms with Crippen LogP contribution in [0, 0.1) is 16.0 Å². The number of carbonyl (C=O) groups is 2. The number of nitro benzene ring substituents is 1. The first-order valence-corrected chi connectivity index (χ1v) is 6.49. The molecule has 0 aromatic heterocycles. The summed E-state index contributed by atoms with van der Waals surface area (Å²) in [5.74, 6) is -0.533. The summed E-state index contributed by atoms with van der Waals surface area (Å²) in [6.07, 6.45) is -0.680. The van der Waals surface area contributed by atoms with Crippen molar-refractivity contribution in [2.75, 3.05) is 6.61 Å². The number of hydrogen-bond acceptors (Lipinski definition) is 6. The van der Waals surface area contributed by atoms with E-state index in [0.717, 1.165) is 5.56 Å². The summed E-state index contributed by atoms with van der Waals surface area (Å²) < 4.78 is 9.19. The highest BCUT2D eigenvalue weighted by atomic mass is 16.7. The van der Waals surface area contributed by atoms with Crippen LogP contribution in [0.5, 0.6) is 0 Å². The molecule has 0 unspecified atom stereocenters. The highest BCUT2D eigenvalue weighted by Gasteiger charge is 2.13. The number of carbonyl (C=O) groups excluding carboxylic acids is 2. The molecule has 0 amide bonds. The molecule has 0 atom stereocenters. The second kappa shape index (κ2) is 7.98. The van der Waals surface area contributed by atoms with E-state index < -0.39 is 17.0 Å². The molecule has 7 heteroatoms. The lowest BCUT2D eigenvalue weighted by Crippen LogP contribution is -2.16. The predicted octanol–water partition coefficient (Wildman–Crippen LogP) is 2.86. The molecule has 0 saturated heterocycles. The quantitative estimate of drug-likeness (QED) is 0.346. The first-order chi connectivity index (χ1) is 9.88. The molecule has 0 aliphatic rings. The van der Waals surface area contributed by atoms with Crippen molar-refractivity contribution in [2.45, 2.75) is 26.7 Å². The van der Waals surface area contributed by atoms with Crippen molar-refractivity contribution in [1.29, 1.82) is 0 Å². The Morgan fingerprint density at radius 2 is 1.86 bits per heavy atom. The number of aryl methyl sites for hydroxylation is 1. The molecule has 1 aromatic rings. The van der Waals surface area contributed by atoms with Crippen molar-refractivity contribution in [3.05, 3.63) is 39.9 Å². The van der Waals surface area contributed by atoms with Crippen LogP contribution in [0.25, 0.3) is 0 Å².